The summed E-state index contributed by atoms with van der Waals surface area (Å²) >= 11 is 0. The summed E-state index contributed by atoms with van der Waals surface area (Å²) in [6, 6.07) is 30.1. The molecule has 0 aliphatic heterocycles. The number of aromatic nitrogens is 1. The van der Waals surface area contributed by atoms with Crippen molar-refractivity contribution in [1.29, 1.82) is 0 Å². The van der Waals surface area contributed by atoms with Gasteiger partial charge in [-0.3, -0.25) is 4.79 Å². The van der Waals surface area contributed by atoms with Crippen LogP contribution in [0.4, 0.5) is 0 Å². The number of benzene rings is 3. The number of ketones is 1. The molecule has 0 saturated heterocycles. The number of carbonyl (C=O) groups is 1. The molecule has 5 aromatic rings. The van der Waals surface area contributed by atoms with E-state index in [1.165, 1.54) is 24.3 Å². The van der Waals surface area contributed by atoms with E-state index >= 15 is 0 Å². The highest BCUT2D eigenvalue weighted by Gasteiger charge is 2.21. The molecule has 0 spiro atoms. The van der Waals surface area contributed by atoms with Crippen molar-refractivity contribution in [2.24, 2.45) is 0 Å². The maximum Gasteiger partial charge on any atom is 0.339 e. The summed E-state index contributed by atoms with van der Waals surface area (Å²) in [5.74, 6) is -0.0292. The molecule has 0 saturated carbocycles. The second-order valence-electron chi connectivity index (χ2n) is 7.97. The van der Waals surface area contributed by atoms with Crippen molar-refractivity contribution in [2.45, 2.75) is 11.8 Å². The van der Waals surface area contributed by atoms with E-state index in [9.17, 15) is 13.2 Å². The second-order valence-corrected chi connectivity index (χ2v) is 9.52. The molecule has 0 aliphatic rings. The topological polar surface area (TPSA) is 64.9 Å². The number of hydrogen-bond donors (Lipinski definition) is 0. The summed E-state index contributed by atoms with van der Waals surface area (Å²) in [6.07, 6.45) is 1.86. The van der Waals surface area contributed by atoms with Crippen LogP contribution >= 0.6 is 0 Å². The Bertz CT molecular complexity index is 1580. The molecule has 6 heteroatoms. The summed E-state index contributed by atoms with van der Waals surface area (Å²) in [7, 11) is -3.97. The molecule has 2 heterocycles. The zero-order valence-electron chi connectivity index (χ0n) is 18.4. The fraction of sp³-hybridized carbons (Fsp3) is 0.0357. The average Bonchev–Trinajstić information content (AvgIpc) is 3.24. The van der Waals surface area contributed by atoms with Gasteiger partial charge in [-0.05, 0) is 67.1 Å². The van der Waals surface area contributed by atoms with E-state index in [2.05, 4.69) is 0 Å². The fourth-order valence-corrected chi connectivity index (χ4v) is 4.80. The minimum Gasteiger partial charge on any atom is -0.379 e. The number of hydrogen-bond acceptors (Lipinski definition) is 4. The lowest BCUT2D eigenvalue weighted by molar-refractivity contribution is 0.103. The molecule has 168 valence electrons. The first-order valence-corrected chi connectivity index (χ1v) is 12.1. The third-order valence-electron chi connectivity index (χ3n) is 5.61. The Morgan fingerprint density at radius 2 is 1.47 bits per heavy atom. The number of carbonyl (C=O) groups excluding carboxylic acids is 1. The Hall–Kier alpha value is -4.16. The van der Waals surface area contributed by atoms with Crippen LogP contribution in [0.1, 0.15) is 21.6 Å². The molecule has 0 amide bonds. The van der Waals surface area contributed by atoms with E-state index < -0.39 is 10.1 Å². The van der Waals surface area contributed by atoms with Crippen molar-refractivity contribution >= 4 is 21.4 Å². The molecule has 0 radical (unpaired) electrons. The van der Waals surface area contributed by atoms with Crippen molar-refractivity contribution < 1.29 is 17.4 Å². The average molecular weight is 468 g/mol. The lowest BCUT2D eigenvalue weighted by Gasteiger charge is -2.09. The molecule has 3 aromatic carbocycles. The van der Waals surface area contributed by atoms with Crippen molar-refractivity contribution in [2.75, 3.05) is 0 Å². The Morgan fingerprint density at radius 3 is 2.18 bits per heavy atom. The van der Waals surface area contributed by atoms with Crippen molar-refractivity contribution in [3.63, 3.8) is 0 Å². The standard InChI is InChI=1S/C28H21NO4S/c1-20-10-16-25(17-11-20)34(31,32)33-24-14-12-22(13-15-24)28(30)27-26(21-7-3-2-4-8-21)19-23-9-5-6-18-29(23)27/h2-19H,1H3. The van der Waals surface area contributed by atoms with Crippen LogP contribution in [0.2, 0.25) is 0 Å². The van der Waals surface area contributed by atoms with Crippen LogP contribution in [0, 0.1) is 6.92 Å². The summed E-state index contributed by atoms with van der Waals surface area (Å²) in [5.41, 5.74) is 4.62. The van der Waals surface area contributed by atoms with Crippen LogP contribution in [-0.2, 0) is 10.1 Å². The number of aryl methyl sites for hydroxylation is 1. The number of fused-ring (bicyclic) bond motifs is 1. The quantitative estimate of drug-likeness (QED) is 0.230. The molecular formula is C28H21NO4S. The first-order valence-electron chi connectivity index (χ1n) is 10.7. The zero-order valence-corrected chi connectivity index (χ0v) is 19.2. The Morgan fingerprint density at radius 1 is 0.794 bits per heavy atom. The minimum absolute atomic E-state index is 0.0745. The number of nitrogens with zero attached hydrogens (tertiary/aromatic N) is 1. The molecule has 0 bridgehead atoms. The van der Waals surface area contributed by atoms with Crippen LogP contribution in [0.15, 0.2) is 114 Å². The number of rotatable bonds is 6. The van der Waals surface area contributed by atoms with Gasteiger partial charge in [-0.2, -0.15) is 8.42 Å². The molecule has 0 aliphatic carbocycles. The molecule has 0 unspecified atom stereocenters. The second kappa shape index (κ2) is 8.65. The van der Waals surface area contributed by atoms with E-state index in [-0.39, 0.29) is 16.4 Å². The van der Waals surface area contributed by atoms with Crippen LogP contribution in [0.25, 0.3) is 16.6 Å². The molecular weight excluding hydrogens is 446 g/mol. The van der Waals surface area contributed by atoms with Crippen LogP contribution in [0.3, 0.4) is 0 Å². The van der Waals surface area contributed by atoms with Gasteiger partial charge in [-0.1, -0.05) is 54.1 Å². The van der Waals surface area contributed by atoms with E-state index in [1.807, 2.05) is 72.1 Å². The third-order valence-corrected chi connectivity index (χ3v) is 6.87. The Balaban J connectivity index is 1.48. The predicted octanol–water partition coefficient (Wildman–Crippen LogP) is 5.91. The third kappa shape index (κ3) is 4.11. The van der Waals surface area contributed by atoms with E-state index in [4.69, 9.17) is 4.18 Å². The Labute approximate surface area is 198 Å². The van der Waals surface area contributed by atoms with Gasteiger partial charge in [0.1, 0.15) is 16.3 Å². The molecule has 5 nitrogen and oxygen atoms in total. The molecule has 0 atom stereocenters. The van der Waals surface area contributed by atoms with E-state index in [0.717, 1.165) is 22.2 Å². The maximum atomic E-state index is 13.6. The van der Waals surface area contributed by atoms with Gasteiger partial charge in [0, 0.05) is 22.8 Å². The van der Waals surface area contributed by atoms with Crippen LogP contribution in [-0.4, -0.2) is 18.6 Å². The van der Waals surface area contributed by atoms with Crippen molar-refractivity contribution in [1.82, 2.24) is 4.40 Å². The Kier molecular flexibility index (Phi) is 5.51. The fourth-order valence-electron chi connectivity index (χ4n) is 3.87. The first-order chi connectivity index (χ1) is 16.4. The monoisotopic (exact) mass is 467 g/mol. The van der Waals surface area contributed by atoms with Crippen LogP contribution < -0.4 is 4.18 Å². The van der Waals surface area contributed by atoms with Crippen molar-refractivity contribution in [3.05, 3.63) is 126 Å². The lowest BCUT2D eigenvalue weighted by atomic mass is 10.0. The molecule has 34 heavy (non-hydrogen) atoms. The van der Waals surface area contributed by atoms with Gasteiger partial charge in [0.05, 0.1) is 0 Å². The lowest BCUT2D eigenvalue weighted by Crippen LogP contribution is -2.10. The molecule has 0 N–H and O–H groups in total. The van der Waals surface area contributed by atoms with Gasteiger partial charge in [0.15, 0.2) is 0 Å². The summed E-state index contributed by atoms with van der Waals surface area (Å²) < 4.78 is 32.3. The molecule has 5 rings (SSSR count). The van der Waals surface area contributed by atoms with Crippen molar-refractivity contribution in [3.8, 4) is 16.9 Å². The summed E-state index contributed by atoms with van der Waals surface area (Å²) in [5, 5.41) is 0. The van der Waals surface area contributed by atoms with Gasteiger partial charge in [-0.25, -0.2) is 0 Å². The van der Waals surface area contributed by atoms with Gasteiger partial charge >= 0.3 is 10.1 Å². The van der Waals surface area contributed by atoms with Gasteiger partial charge in [0.25, 0.3) is 0 Å². The maximum absolute atomic E-state index is 13.6. The SMILES string of the molecule is Cc1ccc(S(=O)(=O)Oc2ccc(C(=O)c3c(-c4ccccc4)cc4ccccn34)cc2)cc1. The molecule has 0 fully saturated rings. The van der Waals surface area contributed by atoms with Gasteiger partial charge in [-0.15, -0.1) is 0 Å². The summed E-state index contributed by atoms with van der Waals surface area (Å²) in [6.45, 7) is 1.88. The zero-order chi connectivity index (χ0) is 23.7. The molecule has 2 aromatic heterocycles. The summed E-state index contributed by atoms with van der Waals surface area (Å²) in [4.78, 5) is 13.7. The van der Waals surface area contributed by atoms with Crippen LogP contribution in [0.5, 0.6) is 5.75 Å². The highest BCUT2D eigenvalue weighted by atomic mass is 32.2. The van der Waals surface area contributed by atoms with Gasteiger partial charge < -0.3 is 8.58 Å². The van der Waals surface area contributed by atoms with E-state index in [0.29, 0.717) is 11.3 Å². The smallest absolute Gasteiger partial charge is 0.339 e. The normalized spacial score (nSPS) is 11.4. The van der Waals surface area contributed by atoms with E-state index in [1.54, 1.807) is 24.3 Å². The van der Waals surface area contributed by atoms with Gasteiger partial charge in [0.2, 0.25) is 5.78 Å². The minimum atomic E-state index is -3.97. The number of pyridine rings is 1. The predicted molar refractivity (Wildman–Crippen MR) is 132 cm³/mol. The largest absolute Gasteiger partial charge is 0.379 e. The first kappa shape index (κ1) is 21.7. The highest BCUT2D eigenvalue weighted by molar-refractivity contribution is 7.87. The highest BCUT2D eigenvalue weighted by Crippen LogP contribution is 2.30.